The van der Waals surface area contributed by atoms with E-state index in [-0.39, 0.29) is 28.9 Å². The van der Waals surface area contributed by atoms with Crippen LogP contribution in [0.15, 0.2) is 52.1 Å². The fourth-order valence-corrected chi connectivity index (χ4v) is 4.53. The van der Waals surface area contributed by atoms with Crippen molar-refractivity contribution in [2.45, 2.75) is 32.8 Å². The molecule has 0 aromatic heterocycles. The van der Waals surface area contributed by atoms with Gasteiger partial charge in [0.15, 0.2) is 17.3 Å². The van der Waals surface area contributed by atoms with Gasteiger partial charge in [0.2, 0.25) is 5.17 Å². The van der Waals surface area contributed by atoms with Crippen LogP contribution < -0.4 is 9.47 Å². The number of rotatable bonds is 8. The molecular weight excluding hydrogens is 479 g/mol. The Balaban J connectivity index is 1.57. The number of amidine groups is 2. The Morgan fingerprint density at radius 3 is 2.74 bits per heavy atom. The largest absolute Gasteiger partial charge is 0.493 e. The van der Waals surface area contributed by atoms with Crippen molar-refractivity contribution in [2.75, 3.05) is 7.11 Å². The molecule has 0 spiro atoms. The second-order valence-corrected chi connectivity index (χ2v) is 9.01. The minimum Gasteiger partial charge on any atom is -0.493 e. The molecule has 2 aromatic rings. The first-order valence-electron chi connectivity index (χ1n) is 10.6. The zero-order valence-corrected chi connectivity index (χ0v) is 20.2. The lowest BCUT2D eigenvalue weighted by molar-refractivity contribution is -0.114. The summed E-state index contributed by atoms with van der Waals surface area (Å²) in [6.07, 6.45) is 4.32. The molecule has 176 valence electrons. The van der Waals surface area contributed by atoms with Gasteiger partial charge >= 0.3 is 0 Å². The van der Waals surface area contributed by atoms with Crippen molar-refractivity contribution in [3.63, 3.8) is 0 Å². The molecule has 2 aliphatic rings. The molecule has 0 saturated heterocycles. The average Bonchev–Trinajstić information content (AvgIpc) is 3.23. The first kappa shape index (κ1) is 24.0. The summed E-state index contributed by atoms with van der Waals surface area (Å²) in [5.74, 6) is -0.200. The highest BCUT2D eigenvalue weighted by Gasteiger charge is 2.35. The van der Waals surface area contributed by atoms with Crippen LogP contribution in [0.5, 0.6) is 11.5 Å². The molecule has 10 heteroatoms. The number of methoxy groups -OCH3 is 1. The number of carbonyl (C=O) groups excluding carboxylic acids is 1. The second kappa shape index (κ2) is 10.4. The fraction of sp³-hybridized carbons (Fsp3) is 0.250. The summed E-state index contributed by atoms with van der Waals surface area (Å²) in [5.41, 5.74) is 1.41. The van der Waals surface area contributed by atoms with Crippen LogP contribution in [0, 0.1) is 11.2 Å². The summed E-state index contributed by atoms with van der Waals surface area (Å²) in [6, 6.07) is 9.23. The Hall–Kier alpha value is -3.17. The van der Waals surface area contributed by atoms with E-state index < -0.39 is 5.91 Å². The zero-order valence-electron chi connectivity index (χ0n) is 18.6. The maximum Gasteiger partial charge on any atom is 0.283 e. The van der Waals surface area contributed by atoms with E-state index in [1.807, 2.05) is 0 Å². The summed E-state index contributed by atoms with van der Waals surface area (Å²) in [4.78, 5) is 16.8. The van der Waals surface area contributed by atoms with Crippen LogP contribution in [0.3, 0.4) is 0 Å². The summed E-state index contributed by atoms with van der Waals surface area (Å²) in [7, 11) is 1.48. The molecule has 2 aromatic carbocycles. The maximum absolute atomic E-state index is 13.1. The number of ether oxygens (including phenoxy) is 2. The lowest BCUT2D eigenvalue weighted by atomic mass is 10.1. The Labute approximate surface area is 205 Å². The molecule has 0 unspecified atom stereocenters. The molecule has 1 N–H and O–H groups in total. The molecule has 7 nitrogen and oxygen atoms in total. The number of hydrogen-bond acceptors (Lipinski definition) is 6. The lowest BCUT2D eigenvalue weighted by Crippen LogP contribution is -2.35. The number of thioether (sulfide) groups is 1. The van der Waals surface area contributed by atoms with Gasteiger partial charge in [-0.3, -0.25) is 10.2 Å². The van der Waals surface area contributed by atoms with Crippen molar-refractivity contribution in [3.8, 4) is 11.5 Å². The van der Waals surface area contributed by atoms with Gasteiger partial charge in [0.1, 0.15) is 17.5 Å². The van der Waals surface area contributed by atoms with E-state index in [1.54, 1.807) is 24.3 Å². The number of hydrogen-bond donors (Lipinski definition) is 1. The summed E-state index contributed by atoms with van der Waals surface area (Å²) < 4.78 is 24.4. The second-order valence-electron chi connectivity index (χ2n) is 7.57. The third-order valence-corrected chi connectivity index (χ3v) is 6.35. The average molecular weight is 501 g/mol. The van der Waals surface area contributed by atoms with Gasteiger partial charge in [-0.15, -0.1) is 0 Å². The highest BCUT2D eigenvalue weighted by molar-refractivity contribution is 8.26. The molecule has 2 heterocycles. The number of fused-ring (bicyclic) bond motifs is 1. The molecule has 0 bridgehead atoms. The molecule has 1 amide bonds. The Morgan fingerprint density at radius 2 is 2.03 bits per heavy atom. The molecule has 2 aliphatic heterocycles. The minimum absolute atomic E-state index is 0.0410. The standard InChI is InChI=1S/C24H22ClFN4O3S/c1-3-4-5-20-29-30-22(27)17(23(31)28-24(30)34-20)10-15-11-18(25)21(19(12-15)32-2)33-13-14-6-8-16(26)9-7-14/h6-12,27H,3-5,13H2,1-2H3. The van der Waals surface area contributed by atoms with Crippen molar-refractivity contribution in [3.05, 3.63) is 63.9 Å². The third-order valence-electron chi connectivity index (χ3n) is 5.10. The van der Waals surface area contributed by atoms with Crippen molar-refractivity contribution in [1.82, 2.24) is 5.01 Å². The number of benzene rings is 2. The number of aliphatic imine (C=N–C) groups is 1. The van der Waals surface area contributed by atoms with Gasteiger partial charge < -0.3 is 9.47 Å². The topological polar surface area (TPSA) is 87.3 Å². The van der Waals surface area contributed by atoms with Crippen molar-refractivity contribution < 1.29 is 18.7 Å². The third kappa shape index (κ3) is 5.15. The summed E-state index contributed by atoms with van der Waals surface area (Å²) in [5, 5.41) is 15.9. The monoisotopic (exact) mass is 500 g/mol. The van der Waals surface area contributed by atoms with Gasteiger partial charge in [0, 0.05) is 0 Å². The number of hydrazone groups is 1. The van der Waals surface area contributed by atoms with Gasteiger partial charge in [0.05, 0.1) is 17.7 Å². The quantitative estimate of drug-likeness (QED) is 0.457. The lowest BCUT2D eigenvalue weighted by Gasteiger charge is -2.20. The first-order chi connectivity index (χ1) is 16.4. The molecule has 4 rings (SSSR count). The first-order valence-corrected chi connectivity index (χ1v) is 11.8. The molecule has 0 atom stereocenters. The number of halogens is 2. The molecule has 34 heavy (non-hydrogen) atoms. The minimum atomic E-state index is -0.512. The fourth-order valence-electron chi connectivity index (χ4n) is 3.33. The number of carbonyl (C=O) groups is 1. The Bertz CT molecular complexity index is 1230. The summed E-state index contributed by atoms with van der Waals surface area (Å²) >= 11 is 7.78. The molecular formula is C24H22ClFN4O3S. The van der Waals surface area contributed by atoms with E-state index in [4.69, 9.17) is 26.5 Å². The van der Waals surface area contributed by atoms with Crippen LogP contribution in [-0.4, -0.2) is 34.1 Å². The predicted octanol–water partition coefficient (Wildman–Crippen LogP) is 5.88. The SMILES string of the molecule is CCCCC1=NN2C(=N)C(=Cc3cc(Cl)c(OCc4ccc(F)cc4)c(OC)c3)C(=O)N=C2S1. The van der Waals surface area contributed by atoms with E-state index >= 15 is 0 Å². The highest BCUT2D eigenvalue weighted by Crippen LogP contribution is 2.38. The number of nitrogens with zero attached hydrogens (tertiary/aromatic N) is 3. The molecule has 0 radical (unpaired) electrons. The van der Waals surface area contributed by atoms with E-state index in [2.05, 4.69) is 17.0 Å². The number of unbranched alkanes of at least 4 members (excludes halogenated alkanes) is 1. The zero-order chi connectivity index (χ0) is 24.2. The van der Waals surface area contributed by atoms with Crippen molar-refractivity contribution in [2.24, 2.45) is 10.1 Å². The Kier molecular flexibility index (Phi) is 7.33. The van der Waals surface area contributed by atoms with E-state index in [1.165, 1.54) is 42.1 Å². The van der Waals surface area contributed by atoms with E-state index in [9.17, 15) is 9.18 Å². The van der Waals surface area contributed by atoms with Gasteiger partial charge in [-0.2, -0.15) is 15.1 Å². The van der Waals surface area contributed by atoms with E-state index in [0.29, 0.717) is 22.2 Å². The highest BCUT2D eigenvalue weighted by atomic mass is 35.5. The Morgan fingerprint density at radius 1 is 1.26 bits per heavy atom. The van der Waals surface area contributed by atoms with Gasteiger partial charge in [-0.1, -0.05) is 37.1 Å². The van der Waals surface area contributed by atoms with E-state index in [0.717, 1.165) is 29.9 Å². The predicted molar refractivity (Wildman–Crippen MR) is 133 cm³/mol. The molecule has 0 aliphatic carbocycles. The molecule has 0 saturated carbocycles. The van der Waals surface area contributed by atoms with Crippen molar-refractivity contribution >= 4 is 51.4 Å². The summed E-state index contributed by atoms with van der Waals surface area (Å²) in [6.45, 7) is 2.26. The van der Waals surface area contributed by atoms with Gasteiger partial charge in [-0.25, -0.2) is 4.39 Å². The molecule has 0 fully saturated rings. The van der Waals surface area contributed by atoms with Crippen LogP contribution in [0.2, 0.25) is 5.02 Å². The van der Waals surface area contributed by atoms with Crippen LogP contribution in [0.25, 0.3) is 6.08 Å². The normalized spacial score (nSPS) is 16.5. The van der Waals surface area contributed by atoms with Crippen LogP contribution >= 0.6 is 23.4 Å². The number of nitrogens with one attached hydrogen (secondary N) is 1. The smallest absolute Gasteiger partial charge is 0.283 e. The van der Waals surface area contributed by atoms with Crippen molar-refractivity contribution in [1.29, 1.82) is 5.41 Å². The van der Waals surface area contributed by atoms with Gasteiger partial charge in [0.25, 0.3) is 5.91 Å². The van der Waals surface area contributed by atoms with Crippen LogP contribution in [0.4, 0.5) is 4.39 Å². The maximum atomic E-state index is 13.1. The van der Waals surface area contributed by atoms with Gasteiger partial charge in [-0.05, 0) is 66.1 Å². The number of amides is 1. The van der Waals surface area contributed by atoms with Crippen LogP contribution in [0.1, 0.15) is 37.3 Å². The van der Waals surface area contributed by atoms with Crippen LogP contribution in [-0.2, 0) is 11.4 Å².